The smallest absolute Gasteiger partial charge is 0.365 e. The average molecular weight is 392 g/mol. The predicted octanol–water partition coefficient (Wildman–Crippen LogP) is 5.03. The number of benzene rings is 2. The fourth-order valence-electron chi connectivity index (χ4n) is 1.95. The van der Waals surface area contributed by atoms with E-state index in [1.165, 1.54) is 23.1 Å². The standard InChI is InChI=1S/C17H14ClN3O2S2/c1-2-23-16(22)15(21-20-12-7-5-6-11(18)10-12)25-17-19-13-8-3-4-9-14(13)24-17/h3-10,20H,2H2,1H3. The number of hydrazone groups is 1. The number of hydrogen-bond donors (Lipinski definition) is 1. The van der Waals surface area contributed by atoms with Crippen LogP contribution in [0, 0.1) is 0 Å². The van der Waals surface area contributed by atoms with Gasteiger partial charge in [0.2, 0.25) is 5.04 Å². The number of thioether (sulfide) groups is 1. The number of esters is 1. The summed E-state index contributed by atoms with van der Waals surface area (Å²) in [5.74, 6) is -0.499. The monoisotopic (exact) mass is 391 g/mol. The second-order valence-corrected chi connectivity index (χ2v) is 7.51. The first kappa shape index (κ1) is 17.7. The van der Waals surface area contributed by atoms with E-state index in [1.54, 1.807) is 31.2 Å². The van der Waals surface area contributed by atoms with Crippen LogP contribution in [0.4, 0.5) is 5.69 Å². The Hall–Kier alpha value is -2.09. The number of halogens is 1. The number of fused-ring (bicyclic) bond motifs is 1. The highest BCUT2D eigenvalue weighted by atomic mass is 35.5. The van der Waals surface area contributed by atoms with Crippen LogP contribution in [0.15, 0.2) is 58.0 Å². The van der Waals surface area contributed by atoms with Crippen molar-refractivity contribution in [3.05, 3.63) is 53.6 Å². The molecule has 0 spiro atoms. The Morgan fingerprint density at radius 3 is 2.92 bits per heavy atom. The normalized spacial score (nSPS) is 11.5. The maximum atomic E-state index is 12.2. The molecule has 25 heavy (non-hydrogen) atoms. The minimum Gasteiger partial charge on any atom is -0.461 e. The van der Waals surface area contributed by atoms with E-state index in [0.29, 0.717) is 10.7 Å². The molecule has 0 aliphatic rings. The third-order valence-corrected chi connectivity index (χ3v) is 5.30. The van der Waals surface area contributed by atoms with Crippen molar-refractivity contribution in [1.29, 1.82) is 0 Å². The number of nitrogens with zero attached hydrogens (tertiary/aromatic N) is 2. The SMILES string of the molecule is CCOC(=O)C(=NNc1cccc(Cl)c1)Sc1nc2ccccc2s1. The van der Waals surface area contributed by atoms with Crippen molar-refractivity contribution in [2.45, 2.75) is 11.3 Å². The van der Waals surface area contributed by atoms with Gasteiger partial charge in [0.15, 0.2) is 4.34 Å². The van der Waals surface area contributed by atoms with Crippen LogP contribution < -0.4 is 5.43 Å². The lowest BCUT2D eigenvalue weighted by Crippen LogP contribution is -2.15. The molecule has 0 saturated carbocycles. The molecule has 2 aromatic carbocycles. The summed E-state index contributed by atoms with van der Waals surface area (Å²) in [5.41, 5.74) is 4.41. The molecule has 0 fully saturated rings. The van der Waals surface area contributed by atoms with Gasteiger partial charge in [-0.25, -0.2) is 9.78 Å². The third-order valence-electron chi connectivity index (χ3n) is 3.02. The van der Waals surface area contributed by atoms with E-state index < -0.39 is 5.97 Å². The molecule has 0 radical (unpaired) electrons. The van der Waals surface area contributed by atoms with Gasteiger partial charge in [-0.05, 0) is 49.0 Å². The molecule has 0 saturated heterocycles. The van der Waals surface area contributed by atoms with Gasteiger partial charge in [-0.3, -0.25) is 5.43 Å². The summed E-state index contributed by atoms with van der Waals surface area (Å²) >= 11 is 8.63. The number of anilines is 1. The Balaban J connectivity index is 1.83. The topological polar surface area (TPSA) is 63.6 Å². The molecular weight excluding hydrogens is 378 g/mol. The second-order valence-electron chi connectivity index (χ2n) is 4.81. The van der Waals surface area contributed by atoms with Crippen molar-refractivity contribution >= 4 is 61.6 Å². The molecule has 3 rings (SSSR count). The van der Waals surface area contributed by atoms with Crippen molar-refractivity contribution in [3.8, 4) is 0 Å². The van der Waals surface area contributed by atoms with Gasteiger partial charge >= 0.3 is 5.97 Å². The molecule has 0 aliphatic carbocycles. The van der Waals surface area contributed by atoms with Crippen molar-refractivity contribution in [1.82, 2.24) is 4.98 Å². The summed E-state index contributed by atoms with van der Waals surface area (Å²) in [4.78, 5) is 16.7. The van der Waals surface area contributed by atoms with E-state index in [0.717, 1.165) is 14.6 Å². The summed E-state index contributed by atoms with van der Waals surface area (Å²) in [6, 6.07) is 14.9. The summed E-state index contributed by atoms with van der Waals surface area (Å²) in [5, 5.41) is 4.94. The highest BCUT2D eigenvalue weighted by Crippen LogP contribution is 2.30. The summed E-state index contributed by atoms with van der Waals surface area (Å²) < 4.78 is 6.86. The molecule has 0 bridgehead atoms. The minimum atomic E-state index is -0.499. The lowest BCUT2D eigenvalue weighted by Gasteiger charge is -2.05. The Morgan fingerprint density at radius 1 is 1.32 bits per heavy atom. The van der Waals surface area contributed by atoms with Crippen LogP contribution in [0.3, 0.4) is 0 Å². The van der Waals surface area contributed by atoms with Gasteiger partial charge in [0.1, 0.15) is 0 Å². The molecule has 0 atom stereocenters. The zero-order chi connectivity index (χ0) is 17.6. The summed E-state index contributed by atoms with van der Waals surface area (Å²) in [7, 11) is 0. The number of hydrogen-bond acceptors (Lipinski definition) is 7. The molecule has 1 heterocycles. The van der Waals surface area contributed by atoms with Crippen molar-refractivity contribution in [2.24, 2.45) is 5.10 Å². The van der Waals surface area contributed by atoms with Gasteiger partial charge in [-0.2, -0.15) is 5.10 Å². The molecule has 0 aliphatic heterocycles. The van der Waals surface area contributed by atoms with Crippen LogP contribution in [-0.2, 0) is 9.53 Å². The van der Waals surface area contributed by atoms with Gasteiger partial charge in [0.05, 0.1) is 22.5 Å². The molecule has 0 unspecified atom stereocenters. The summed E-state index contributed by atoms with van der Waals surface area (Å²) in [6.45, 7) is 2.03. The largest absolute Gasteiger partial charge is 0.461 e. The molecule has 5 nitrogen and oxygen atoms in total. The first-order valence-electron chi connectivity index (χ1n) is 7.45. The molecule has 8 heteroatoms. The predicted molar refractivity (Wildman–Crippen MR) is 105 cm³/mol. The van der Waals surface area contributed by atoms with Gasteiger partial charge in [-0.1, -0.05) is 29.8 Å². The van der Waals surface area contributed by atoms with Crippen LogP contribution >= 0.6 is 34.7 Å². The molecule has 1 N–H and O–H groups in total. The zero-order valence-electron chi connectivity index (χ0n) is 13.2. The first-order valence-corrected chi connectivity index (χ1v) is 9.46. The number of rotatable bonds is 4. The fourth-order valence-corrected chi connectivity index (χ4v) is 4.06. The lowest BCUT2D eigenvalue weighted by atomic mass is 10.3. The van der Waals surface area contributed by atoms with Crippen LogP contribution in [0.1, 0.15) is 6.92 Å². The number of thiazole rings is 1. The van der Waals surface area contributed by atoms with Gasteiger partial charge < -0.3 is 4.74 Å². The van der Waals surface area contributed by atoms with Crippen LogP contribution in [0.25, 0.3) is 10.2 Å². The average Bonchev–Trinajstić information content (AvgIpc) is 3.01. The van der Waals surface area contributed by atoms with E-state index in [2.05, 4.69) is 15.5 Å². The van der Waals surface area contributed by atoms with Crippen LogP contribution in [0.2, 0.25) is 5.02 Å². The van der Waals surface area contributed by atoms with Crippen LogP contribution in [-0.4, -0.2) is 22.6 Å². The quantitative estimate of drug-likeness (QED) is 0.222. The number of para-hydroxylation sites is 1. The number of ether oxygens (including phenoxy) is 1. The van der Waals surface area contributed by atoms with Crippen molar-refractivity contribution < 1.29 is 9.53 Å². The van der Waals surface area contributed by atoms with Crippen molar-refractivity contribution in [2.75, 3.05) is 12.0 Å². The molecular formula is C17H14ClN3O2S2. The Labute approximate surface area is 158 Å². The van der Waals surface area contributed by atoms with Gasteiger partial charge in [0.25, 0.3) is 0 Å². The maximum absolute atomic E-state index is 12.2. The third kappa shape index (κ3) is 4.72. The molecule has 128 valence electrons. The fraction of sp³-hybridized carbons (Fsp3) is 0.118. The lowest BCUT2D eigenvalue weighted by molar-refractivity contribution is -0.134. The Morgan fingerprint density at radius 2 is 2.16 bits per heavy atom. The molecule has 0 amide bonds. The molecule has 3 aromatic rings. The first-order chi connectivity index (χ1) is 12.2. The van der Waals surface area contributed by atoms with E-state index in [4.69, 9.17) is 16.3 Å². The van der Waals surface area contributed by atoms with Crippen molar-refractivity contribution in [3.63, 3.8) is 0 Å². The maximum Gasteiger partial charge on any atom is 0.365 e. The zero-order valence-corrected chi connectivity index (χ0v) is 15.6. The van der Waals surface area contributed by atoms with E-state index in [-0.39, 0.29) is 11.7 Å². The Bertz CT molecular complexity index is 894. The molecule has 1 aromatic heterocycles. The van der Waals surface area contributed by atoms with Crippen LogP contribution in [0.5, 0.6) is 0 Å². The van der Waals surface area contributed by atoms with E-state index >= 15 is 0 Å². The highest BCUT2D eigenvalue weighted by molar-refractivity contribution is 8.17. The minimum absolute atomic E-state index is 0.181. The van der Waals surface area contributed by atoms with Gasteiger partial charge in [0, 0.05) is 5.02 Å². The highest BCUT2D eigenvalue weighted by Gasteiger charge is 2.17. The number of carbonyl (C=O) groups excluding carboxylic acids is 1. The Kier molecular flexibility index (Phi) is 5.91. The van der Waals surface area contributed by atoms with E-state index in [1.807, 2.05) is 24.3 Å². The van der Waals surface area contributed by atoms with Gasteiger partial charge in [-0.15, -0.1) is 11.3 Å². The number of carbonyl (C=O) groups is 1. The number of aromatic nitrogens is 1. The summed E-state index contributed by atoms with van der Waals surface area (Å²) in [6.07, 6.45) is 0. The number of nitrogens with one attached hydrogen (secondary N) is 1. The van der Waals surface area contributed by atoms with E-state index in [9.17, 15) is 4.79 Å². The second kappa shape index (κ2) is 8.33.